The molecule has 0 aliphatic carbocycles. The van der Waals surface area contributed by atoms with Gasteiger partial charge in [0.2, 0.25) is 11.8 Å². The third-order valence-corrected chi connectivity index (χ3v) is 3.81. The molecule has 5 nitrogen and oxygen atoms in total. The minimum absolute atomic E-state index is 0.0511. The quantitative estimate of drug-likeness (QED) is 0.849. The zero-order chi connectivity index (χ0) is 12.3. The van der Waals surface area contributed by atoms with E-state index in [9.17, 15) is 9.59 Å². The molecule has 2 N–H and O–H groups in total. The fourth-order valence-electron chi connectivity index (χ4n) is 1.74. The lowest BCUT2D eigenvalue weighted by atomic mass is 9.97. The van der Waals surface area contributed by atoms with Gasteiger partial charge in [-0.05, 0) is 12.8 Å². The van der Waals surface area contributed by atoms with Gasteiger partial charge in [-0.2, -0.15) is 0 Å². The summed E-state index contributed by atoms with van der Waals surface area (Å²) in [6, 6.07) is 0. The molecule has 0 unspecified atom stereocenters. The van der Waals surface area contributed by atoms with Crippen LogP contribution in [0.2, 0.25) is 0 Å². The third kappa shape index (κ3) is 3.03. The van der Waals surface area contributed by atoms with Crippen molar-refractivity contribution in [2.24, 2.45) is 5.92 Å². The summed E-state index contributed by atoms with van der Waals surface area (Å²) in [6.07, 6.45) is 3.66. The van der Waals surface area contributed by atoms with Crippen LogP contribution in [-0.4, -0.2) is 23.3 Å². The molecular formula is C11H15N3O2S. The van der Waals surface area contributed by atoms with Crippen LogP contribution in [0.4, 0.5) is 5.13 Å². The predicted molar refractivity (Wildman–Crippen MR) is 65.9 cm³/mol. The summed E-state index contributed by atoms with van der Waals surface area (Å²) >= 11 is 1.48. The molecule has 2 amide bonds. The Hall–Kier alpha value is -1.43. The molecule has 92 valence electrons. The molecule has 0 spiro atoms. The number of rotatable bonds is 3. The molecule has 0 saturated carbocycles. The fraction of sp³-hybridized carbons (Fsp3) is 0.545. The van der Waals surface area contributed by atoms with Crippen LogP contribution in [0.15, 0.2) is 6.20 Å². The van der Waals surface area contributed by atoms with Crippen molar-refractivity contribution in [3.63, 3.8) is 0 Å². The zero-order valence-electron chi connectivity index (χ0n) is 9.66. The van der Waals surface area contributed by atoms with Gasteiger partial charge in [-0.1, -0.05) is 6.92 Å². The maximum Gasteiger partial charge on any atom is 0.229 e. The van der Waals surface area contributed by atoms with Gasteiger partial charge >= 0.3 is 0 Å². The highest BCUT2D eigenvalue weighted by Crippen LogP contribution is 2.21. The molecule has 1 aliphatic heterocycles. The number of hydrogen-bond acceptors (Lipinski definition) is 4. The van der Waals surface area contributed by atoms with Crippen molar-refractivity contribution in [3.05, 3.63) is 11.1 Å². The average Bonchev–Trinajstić information content (AvgIpc) is 2.77. The molecule has 0 radical (unpaired) electrons. The first-order chi connectivity index (χ1) is 8.19. The summed E-state index contributed by atoms with van der Waals surface area (Å²) in [4.78, 5) is 28.3. The first-order valence-corrected chi connectivity index (χ1v) is 6.53. The van der Waals surface area contributed by atoms with Gasteiger partial charge in [0.15, 0.2) is 5.13 Å². The summed E-state index contributed by atoms with van der Waals surface area (Å²) in [7, 11) is 0. The second kappa shape index (κ2) is 5.27. The molecule has 1 aliphatic rings. The Morgan fingerprint density at radius 3 is 3.18 bits per heavy atom. The van der Waals surface area contributed by atoms with Gasteiger partial charge < -0.3 is 10.6 Å². The van der Waals surface area contributed by atoms with Crippen LogP contribution in [0.3, 0.4) is 0 Å². The summed E-state index contributed by atoms with van der Waals surface area (Å²) < 4.78 is 0. The minimum atomic E-state index is -0.224. The van der Waals surface area contributed by atoms with Crippen molar-refractivity contribution in [2.75, 3.05) is 11.9 Å². The van der Waals surface area contributed by atoms with Crippen molar-refractivity contribution < 1.29 is 9.59 Å². The van der Waals surface area contributed by atoms with E-state index >= 15 is 0 Å². The fourth-order valence-corrected chi connectivity index (χ4v) is 2.50. The van der Waals surface area contributed by atoms with Crippen molar-refractivity contribution in [1.82, 2.24) is 10.3 Å². The number of thiazole rings is 1. The average molecular weight is 253 g/mol. The molecule has 6 heteroatoms. The van der Waals surface area contributed by atoms with Crippen LogP contribution in [-0.2, 0) is 16.0 Å². The number of aromatic nitrogens is 1. The Bertz CT molecular complexity index is 430. The third-order valence-electron chi connectivity index (χ3n) is 2.75. The van der Waals surface area contributed by atoms with Crippen LogP contribution < -0.4 is 10.6 Å². The van der Waals surface area contributed by atoms with Gasteiger partial charge in [-0.3, -0.25) is 9.59 Å². The number of anilines is 1. The number of carbonyl (C=O) groups is 2. The number of nitrogens with zero attached hydrogens (tertiary/aromatic N) is 1. The van der Waals surface area contributed by atoms with Crippen LogP contribution in [0, 0.1) is 5.92 Å². The largest absolute Gasteiger partial charge is 0.356 e. The predicted octanol–water partition coefficient (Wildman–Crippen LogP) is 1.17. The molecule has 0 bridgehead atoms. The van der Waals surface area contributed by atoms with Crippen LogP contribution in [0.1, 0.15) is 24.6 Å². The highest BCUT2D eigenvalue weighted by molar-refractivity contribution is 7.15. The molecule has 1 aromatic heterocycles. The Balaban J connectivity index is 1.94. The van der Waals surface area contributed by atoms with E-state index in [2.05, 4.69) is 15.6 Å². The summed E-state index contributed by atoms with van der Waals surface area (Å²) in [6.45, 7) is 2.62. The molecule has 0 aromatic carbocycles. The standard InChI is InChI=1S/C11H15N3O2S/c1-2-8-6-13-11(17-8)14-10(16)7-3-4-12-9(15)5-7/h6-7H,2-5H2,1H3,(H,12,15)(H,13,14,16)/t7-/m1/s1. The number of hydrogen-bond donors (Lipinski definition) is 2. The van der Waals surface area contributed by atoms with Gasteiger partial charge in [0.1, 0.15) is 0 Å². The van der Waals surface area contributed by atoms with Gasteiger partial charge in [-0.15, -0.1) is 11.3 Å². The minimum Gasteiger partial charge on any atom is -0.356 e. The highest BCUT2D eigenvalue weighted by Gasteiger charge is 2.25. The summed E-state index contributed by atoms with van der Waals surface area (Å²) in [5.74, 6) is -0.376. The lowest BCUT2D eigenvalue weighted by molar-refractivity contribution is -0.129. The number of aryl methyl sites for hydroxylation is 1. The van der Waals surface area contributed by atoms with E-state index < -0.39 is 0 Å². The number of amides is 2. The number of carbonyl (C=O) groups excluding carboxylic acids is 2. The SMILES string of the molecule is CCc1cnc(NC(=O)[C@@H]2CCNC(=O)C2)s1. The van der Waals surface area contributed by atoms with Crippen molar-refractivity contribution in [2.45, 2.75) is 26.2 Å². The van der Waals surface area contributed by atoms with Crippen LogP contribution in [0.5, 0.6) is 0 Å². The van der Waals surface area contributed by atoms with Crippen molar-refractivity contribution in [3.8, 4) is 0 Å². The van der Waals surface area contributed by atoms with Gasteiger partial charge in [-0.25, -0.2) is 4.98 Å². The van der Waals surface area contributed by atoms with Crippen LogP contribution >= 0.6 is 11.3 Å². The van der Waals surface area contributed by atoms with Crippen molar-refractivity contribution >= 4 is 28.3 Å². The lowest BCUT2D eigenvalue weighted by Crippen LogP contribution is -2.38. The highest BCUT2D eigenvalue weighted by atomic mass is 32.1. The molecule has 2 rings (SSSR count). The van der Waals surface area contributed by atoms with E-state index in [4.69, 9.17) is 0 Å². The Labute approximate surface area is 104 Å². The normalized spacial score (nSPS) is 19.8. The Kier molecular flexibility index (Phi) is 3.73. The topological polar surface area (TPSA) is 71.1 Å². The Morgan fingerprint density at radius 1 is 1.71 bits per heavy atom. The second-order valence-electron chi connectivity index (χ2n) is 4.01. The maximum absolute atomic E-state index is 11.9. The van der Waals surface area contributed by atoms with E-state index in [-0.39, 0.29) is 24.2 Å². The van der Waals surface area contributed by atoms with E-state index in [0.29, 0.717) is 18.1 Å². The molecular weight excluding hydrogens is 238 g/mol. The molecule has 1 aromatic rings. The van der Waals surface area contributed by atoms with E-state index in [1.165, 1.54) is 11.3 Å². The van der Waals surface area contributed by atoms with E-state index in [1.54, 1.807) is 6.20 Å². The van der Waals surface area contributed by atoms with E-state index in [1.807, 2.05) is 6.92 Å². The maximum atomic E-state index is 11.9. The van der Waals surface area contributed by atoms with E-state index in [0.717, 1.165) is 11.3 Å². The van der Waals surface area contributed by atoms with Crippen molar-refractivity contribution in [1.29, 1.82) is 0 Å². The Morgan fingerprint density at radius 2 is 2.53 bits per heavy atom. The molecule has 1 atom stereocenters. The zero-order valence-corrected chi connectivity index (χ0v) is 10.5. The monoisotopic (exact) mass is 253 g/mol. The molecule has 1 saturated heterocycles. The summed E-state index contributed by atoms with van der Waals surface area (Å²) in [5, 5.41) is 6.11. The van der Waals surface area contributed by atoms with Gasteiger partial charge in [0, 0.05) is 30.0 Å². The first-order valence-electron chi connectivity index (χ1n) is 5.71. The molecule has 17 heavy (non-hydrogen) atoms. The van der Waals surface area contributed by atoms with Crippen LogP contribution in [0.25, 0.3) is 0 Å². The number of piperidine rings is 1. The van der Waals surface area contributed by atoms with Gasteiger partial charge in [0.05, 0.1) is 0 Å². The second-order valence-corrected chi connectivity index (χ2v) is 5.13. The molecule has 2 heterocycles. The summed E-state index contributed by atoms with van der Waals surface area (Å²) in [5.41, 5.74) is 0. The lowest BCUT2D eigenvalue weighted by Gasteiger charge is -2.20. The smallest absolute Gasteiger partial charge is 0.229 e. The molecule has 1 fully saturated rings. The van der Waals surface area contributed by atoms with Gasteiger partial charge in [0.25, 0.3) is 0 Å². The number of nitrogens with one attached hydrogen (secondary N) is 2. The first kappa shape index (κ1) is 12.0.